The lowest BCUT2D eigenvalue weighted by atomic mass is 10.1. The Bertz CT molecular complexity index is 747. The molecule has 0 saturated carbocycles. The first-order chi connectivity index (χ1) is 10.2. The molecule has 2 N–H and O–H groups in total. The summed E-state index contributed by atoms with van der Waals surface area (Å²) < 4.78 is 63.1. The monoisotopic (exact) mass is 386 g/mol. The molecule has 0 aromatic heterocycles. The molecular weight excluding hydrogens is 367 g/mol. The van der Waals surface area contributed by atoms with E-state index in [1.807, 2.05) is 0 Å². The van der Waals surface area contributed by atoms with E-state index in [1.165, 1.54) is 0 Å². The number of benzene rings is 1. The topological polar surface area (TPSA) is 92.3 Å². The maximum Gasteiger partial charge on any atom is 0.240 e. The first-order valence-corrected chi connectivity index (χ1v) is 10.3. The fourth-order valence-electron chi connectivity index (χ4n) is 2.34. The van der Waals surface area contributed by atoms with E-state index in [0.717, 1.165) is 50.3 Å². The van der Waals surface area contributed by atoms with Crippen molar-refractivity contribution in [1.29, 1.82) is 0 Å². The largest absolute Gasteiger partial charge is 0.313 e. The lowest BCUT2D eigenvalue weighted by Gasteiger charge is -2.23. The van der Waals surface area contributed by atoms with Gasteiger partial charge in [0.05, 0.1) is 4.90 Å². The third-order valence-corrected chi connectivity index (χ3v) is 6.10. The lowest BCUT2D eigenvalue weighted by Crippen LogP contribution is -2.43. The summed E-state index contributed by atoms with van der Waals surface area (Å²) in [5.74, 6) is -1.07. The predicted octanol–water partition coefficient (Wildman–Crippen LogP) is 1.07. The molecule has 0 aliphatic carbocycles. The average molecular weight is 387 g/mol. The minimum atomic E-state index is -3.87. The van der Waals surface area contributed by atoms with Gasteiger partial charge in [0.15, 0.2) is 9.84 Å². The second-order valence-electron chi connectivity index (χ2n) is 5.36. The van der Waals surface area contributed by atoms with Crippen molar-refractivity contribution in [2.24, 2.45) is 0 Å². The minimum absolute atomic E-state index is 0. The van der Waals surface area contributed by atoms with Gasteiger partial charge in [0, 0.05) is 18.8 Å². The van der Waals surface area contributed by atoms with Gasteiger partial charge in [-0.05, 0) is 37.6 Å². The number of nitrogens with one attached hydrogen (secondary N) is 2. The zero-order valence-corrected chi connectivity index (χ0v) is 15.0. The van der Waals surface area contributed by atoms with Crippen molar-refractivity contribution in [3.8, 4) is 0 Å². The minimum Gasteiger partial charge on any atom is -0.313 e. The van der Waals surface area contributed by atoms with Crippen molar-refractivity contribution in [3.05, 3.63) is 24.0 Å². The highest BCUT2D eigenvalue weighted by atomic mass is 35.5. The van der Waals surface area contributed by atoms with Gasteiger partial charge in [-0.15, -0.1) is 12.4 Å². The Hall–Kier alpha value is -0.740. The van der Waals surface area contributed by atoms with Crippen molar-refractivity contribution in [2.45, 2.75) is 35.1 Å². The summed E-state index contributed by atoms with van der Waals surface area (Å²) in [7, 11) is -7.59. The van der Waals surface area contributed by atoms with Gasteiger partial charge in [0.1, 0.15) is 10.7 Å². The molecule has 1 atom stereocenters. The molecule has 132 valence electrons. The first-order valence-electron chi connectivity index (χ1n) is 6.93. The van der Waals surface area contributed by atoms with Gasteiger partial charge in [-0.25, -0.2) is 25.9 Å². The van der Waals surface area contributed by atoms with Crippen LogP contribution in [0.25, 0.3) is 0 Å². The normalized spacial score (nSPS) is 19.1. The molecular formula is C13H20ClFN2O4S2. The highest BCUT2D eigenvalue weighted by Crippen LogP contribution is 2.19. The van der Waals surface area contributed by atoms with Gasteiger partial charge >= 0.3 is 0 Å². The van der Waals surface area contributed by atoms with E-state index in [2.05, 4.69) is 10.0 Å². The Labute approximate surface area is 142 Å². The summed E-state index contributed by atoms with van der Waals surface area (Å²) in [6, 6.07) is 2.85. The number of hydrogen-bond acceptors (Lipinski definition) is 5. The number of hydrogen-bond donors (Lipinski definition) is 2. The Kier molecular flexibility index (Phi) is 6.96. The van der Waals surface area contributed by atoms with Crippen molar-refractivity contribution in [1.82, 2.24) is 10.0 Å². The highest BCUT2D eigenvalue weighted by Gasteiger charge is 2.21. The van der Waals surface area contributed by atoms with Crippen LogP contribution in [0, 0.1) is 5.82 Å². The quantitative estimate of drug-likeness (QED) is 0.789. The van der Waals surface area contributed by atoms with Crippen LogP contribution in [0.15, 0.2) is 28.0 Å². The molecule has 1 saturated heterocycles. The van der Waals surface area contributed by atoms with Gasteiger partial charge in [0.2, 0.25) is 10.0 Å². The summed E-state index contributed by atoms with van der Waals surface area (Å²) in [6.45, 7) is 1.07. The fourth-order valence-corrected chi connectivity index (χ4v) is 4.16. The molecule has 0 amide bonds. The summed E-state index contributed by atoms with van der Waals surface area (Å²) >= 11 is 0. The van der Waals surface area contributed by atoms with E-state index in [9.17, 15) is 21.2 Å². The molecule has 1 aromatic carbocycles. The Morgan fingerprint density at radius 1 is 1.26 bits per heavy atom. The van der Waals surface area contributed by atoms with Crippen molar-refractivity contribution in [3.63, 3.8) is 0 Å². The number of rotatable bonds is 5. The van der Waals surface area contributed by atoms with E-state index >= 15 is 0 Å². The summed E-state index contributed by atoms with van der Waals surface area (Å²) in [5.41, 5.74) is 0. The zero-order chi connectivity index (χ0) is 16.4. The predicted molar refractivity (Wildman–Crippen MR) is 87.6 cm³/mol. The van der Waals surface area contributed by atoms with E-state index < -0.39 is 30.6 Å². The van der Waals surface area contributed by atoms with E-state index in [-0.39, 0.29) is 29.9 Å². The molecule has 0 spiro atoms. The van der Waals surface area contributed by atoms with Crippen LogP contribution >= 0.6 is 12.4 Å². The van der Waals surface area contributed by atoms with Gasteiger partial charge in [-0.1, -0.05) is 6.42 Å². The molecule has 1 unspecified atom stereocenters. The second-order valence-corrected chi connectivity index (χ2v) is 9.11. The first kappa shape index (κ1) is 20.3. The van der Waals surface area contributed by atoms with Crippen LogP contribution in [0.3, 0.4) is 0 Å². The maximum absolute atomic E-state index is 13.8. The Morgan fingerprint density at radius 3 is 2.48 bits per heavy atom. The van der Waals surface area contributed by atoms with Crippen molar-refractivity contribution < 1.29 is 21.2 Å². The molecule has 1 fully saturated rings. The van der Waals surface area contributed by atoms with Gasteiger partial charge in [0.25, 0.3) is 0 Å². The van der Waals surface area contributed by atoms with Crippen molar-refractivity contribution in [2.75, 3.05) is 19.3 Å². The number of piperidine rings is 1. The van der Waals surface area contributed by atoms with Crippen LogP contribution in [-0.2, 0) is 19.9 Å². The SMILES string of the molecule is CS(=O)(=O)c1ccc(S(=O)(=O)NCC2CCCCN2)cc1F.Cl. The van der Waals surface area contributed by atoms with Gasteiger partial charge < -0.3 is 5.32 Å². The fraction of sp³-hybridized carbons (Fsp3) is 0.538. The van der Waals surface area contributed by atoms with Crippen LogP contribution in [-0.4, -0.2) is 42.2 Å². The molecule has 0 radical (unpaired) electrons. The van der Waals surface area contributed by atoms with Crippen LogP contribution in [0.5, 0.6) is 0 Å². The van der Waals surface area contributed by atoms with Gasteiger partial charge in [-0.2, -0.15) is 0 Å². The third-order valence-electron chi connectivity index (χ3n) is 3.55. The standard InChI is InChI=1S/C13H19FN2O4S2.ClH/c1-21(17,18)13-6-5-11(8-12(13)14)22(19,20)16-9-10-4-2-3-7-15-10;/h5-6,8,10,15-16H,2-4,7,9H2,1H3;1H. The molecule has 1 aliphatic rings. The van der Waals surface area contributed by atoms with Crippen LogP contribution in [0.1, 0.15) is 19.3 Å². The van der Waals surface area contributed by atoms with Crippen molar-refractivity contribution >= 4 is 32.3 Å². The Balaban J connectivity index is 0.00000264. The summed E-state index contributed by atoms with van der Waals surface area (Å²) in [5, 5.41) is 3.20. The molecule has 1 aliphatic heterocycles. The lowest BCUT2D eigenvalue weighted by molar-refractivity contribution is 0.398. The zero-order valence-electron chi connectivity index (χ0n) is 12.6. The third kappa shape index (κ3) is 5.39. The second kappa shape index (κ2) is 7.89. The molecule has 10 heteroatoms. The number of sulfonamides is 1. The van der Waals surface area contributed by atoms with E-state index in [1.54, 1.807) is 0 Å². The molecule has 2 rings (SSSR count). The molecule has 0 bridgehead atoms. The van der Waals surface area contributed by atoms with E-state index in [4.69, 9.17) is 0 Å². The molecule has 23 heavy (non-hydrogen) atoms. The summed E-state index contributed by atoms with van der Waals surface area (Å²) in [6.07, 6.45) is 3.86. The van der Waals surface area contributed by atoms with Crippen LogP contribution < -0.4 is 10.0 Å². The van der Waals surface area contributed by atoms with Gasteiger partial charge in [-0.3, -0.25) is 0 Å². The maximum atomic E-state index is 13.8. The number of halogens is 2. The van der Waals surface area contributed by atoms with Crippen LogP contribution in [0.2, 0.25) is 0 Å². The molecule has 1 heterocycles. The molecule has 6 nitrogen and oxygen atoms in total. The summed E-state index contributed by atoms with van der Waals surface area (Å²) in [4.78, 5) is -0.798. The average Bonchev–Trinajstić information content (AvgIpc) is 2.45. The molecule has 1 aromatic rings. The smallest absolute Gasteiger partial charge is 0.240 e. The Morgan fingerprint density at radius 2 is 1.96 bits per heavy atom. The highest BCUT2D eigenvalue weighted by molar-refractivity contribution is 7.90. The van der Waals surface area contributed by atoms with Crippen LogP contribution in [0.4, 0.5) is 4.39 Å². The van der Waals surface area contributed by atoms with E-state index in [0.29, 0.717) is 0 Å². The number of sulfone groups is 1.